The Morgan fingerprint density at radius 1 is 0.593 bits per heavy atom. The van der Waals surface area contributed by atoms with Gasteiger partial charge in [0.05, 0.1) is 0 Å². The number of aromatic amines is 1. The molecule has 1 aliphatic rings. The van der Waals surface area contributed by atoms with Gasteiger partial charge in [0, 0.05) is 26.3 Å². The van der Waals surface area contributed by atoms with Crippen LogP contribution < -0.4 is 0 Å². The SMILES string of the molecule is Brc1ccc2c(c1)Cc1ccccc1-2.c1ccc2c(c1)[nH]c1ccccc12. The van der Waals surface area contributed by atoms with E-state index in [-0.39, 0.29) is 0 Å². The first-order chi connectivity index (χ1) is 13.3. The zero-order valence-electron chi connectivity index (χ0n) is 14.7. The van der Waals surface area contributed by atoms with Crippen LogP contribution in [0.4, 0.5) is 0 Å². The van der Waals surface area contributed by atoms with Gasteiger partial charge < -0.3 is 4.98 Å². The lowest BCUT2D eigenvalue weighted by Gasteiger charge is -1.99. The first-order valence-electron chi connectivity index (χ1n) is 9.12. The van der Waals surface area contributed by atoms with Gasteiger partial charge in [-0.3, -0.25) is 0 Å². The third-order valence-electron chi connectivity index (χ3n) is 5.17. The Balaban J connectivity index is 0.000000119. The third-order valence-corrected chi connectivity index (χ3v) is 5.66. The van der Waals surface area contributed by atoms with E-state index in [0.717, 1.165) is 6.42 Å². The molecule has 0 radical (unpaired) electrons. The van der Waals surface area contributed by atoms with Crippen molar-refractivity contribution >= 4 is 37.7 Å². The van der Waals surface area contributed by atoms with Gasteiger partial charge in [-0.25, -0.2) is 0 Å². The summed E-state index contributed by atoms with van der Waals surface area (Å²) in [7, 11) is 0. The molecular formula is C25H18BrN. The summed E-state index contributed by atoms with van der Waals surface area (Å²) in [6.45, 7) is 0. The van der Waals surface area contributed by atoms with E-state index in [4.69, 9.17) is 0 Å². The topological polar surface area (TPSA) is 15.8 Å². The Labute approximate surface area is 166 Å². The predicted octanol–water partition coefficient (Wildman–Crippen LogP) is 7.34. The Kier molecular flexibility index (Phi) is 4.06. The molecule has 0 aliphatic heterocycles. The van der Waals surface area contributed by atoms with E-state index >= 15 is 0 Å². The van der Waals surface area contributed by atoms with E-state index in [0.29, 0.717) is 0 Å². The van der Waals surface area contributed by atoms with E-state index in [9.17, 15) is 0 Å². The van der Waals surface area contributed by atoms with Crippen molar-refractivity contribution in [3.05, 3.63) is 107 Å². The number of fused-ring (bicyclic) bond motifs is 6. The number of nitrogens with one attached hydrogen (secondary N) is 1. The molecule has 0 amide bonds. The Morgan fingerprint density at radius 3 is 1.93 bits per heavy atom. The molecule has 0 unspecified atom stereocenters. The lowest BCUT2D eigenvalue weighted by atomic mass is 10.1. The molecule has 0 bridgehead atoms. The average Bonchev–Trinajstić information content (AvgIpc) is 3.26. The van der Waals surface area contributed by atoms with Crippen LogP contribution in [0, 0.1) is 0 Å². The molecule has 4 aromatic carbocycles. The van der Waals surface area contributed by atoms with Crippen molar-refractivity contribution in [2.45, 2.75) is 6.42 Å². The van der Waals surface area contributed by atoms with E-state index in [1.54, 1.807) is 0 Å². The molecule has 1 heterocycles. The molecule has 0 spiro atoms. The second-order valence-corrected chi connectivity index (χ2v) is 7.77. The minimum atomic E-state index is 1.07. The van der Waals surface area contributed by atoms with E-state index in [1.807, 2.05) is 0 Å². The van der Waals surface area contributed by atoms with Gasteiger partial charge in [-0.1, -0.05) is 82.7 Å². The predicted molar refractivity (Wildman–Crippen MR) is 118 cm³/mol. The van der Waals surface area contributed by atoms with Crippen LogP contribution in [-0.4, -0.2) is 4.98 Å². The molecule has 0 saturated heterocycles. The molecule has 2 heteroatoms. The maximum absolute atomic E-state index is 3.51. The number of hydrogen-bond donors (Lipinski definition) is 1. The van der Waals surface area contributed by atoms with Crippen LogP contribution in [0.25, 0.3) is 32.9 Å². The minimum absolute atomic E-state index is 1.07. The number of H-pyrrole nitrogens is 1. The van der Waals surface area contributed by atoms with Gasteiger partial charge in [0.1, 0.15) is 0 Å². The highest BCUT2D eigenvalue weighted by Crippen LogP contribution is 2.37. The molecule has 1 aliphatic carbocycles. The lowest BCUT2D eigenvalue weighted by molar-refractivity contribution is 1.26. The molecule has 1 nitrogen and oxygen atoms in total. The van der Waals surface area contributed by atoms with Crippen molar-refractivity contribution in [2.75, 3.05) is 0 Å². The van der Waals surface area contributed by atoms with E-state index in [2.05, 4.69) is 112 Å². The Hall–Kier alpha value is -2.84. The van der Waals surface area contributed by atoms with Crippen LogP contribution in [-0.2, 0) is 6.42 Å². The normalized spacial score (nSPS) is 11.7. The molecular weight excluding hydrogens is 394 g/mol. The standard InChI is InChI=1S/C13H9Br.C12H9N/c14-11-5-6-13-10(8-11)7-9-3-1-2-4-12(9)13;1-3-7-11-9(5-1)10-6-2-4-8-12(10)13-11/h1-6,8H,7H2;1-8,13H. The fraction of sp³-hybridized carbons (Fsp3) is 0.0400. The van der Waals surface area contributed by atoms with Gasteiger partial charge in [-0.2, -0.15) is 0 Å². The number of halogens is 1. The van der Waals surface area contributed by atoms with E-state index < -0.39 is 0 Å². The maximum Gasteiger partial charge on any atom is 0.0464 e. The summed E-state index contributed by atoms with van der Waals surface area (Å²) in [6, 6.07) is 31.9. The molecule has 5 aromatic rings. The fourth-order valence-electron chi connectivity index (χ4n) is 3.91. The second kappa shape index (κ2) is 6.71. The summed E-state index contributed by atoms with van der Waals surface area (Å²) in [5, 5.41) is 2.61. The summed E-state index contributed by atoms with van der Waals surface area (Å²) >= 11 is 3.51. The summed E-state index contributed by atoms with van der Waals surface area (Å²) in [6.07, 6.45) is 1.07. The van der Waals surface area contributed by atoms with Gasteiger partial charge in [0.15, 0.2) is 0 Å². The highest BCUT2D eigenvalue weighted by Gasteiger charge is 2.17. The van der Waals surface area contributed by atoms with Gasteiger partial charge >= 0.3 is 0 Å². The van der Waals surface area contributed by atoms with Gasteiger partial charge in [-0.15, -0.1) is 0 Å². The number of hydrogen-bond acceptors (Lipinski definition) is 0. The van der Waals surface area contributed by atoms with Gasteiger partial charge in [0.25, 0.3) is 0 Å². The van der Waals surface area contributed by atoms with Crippen molar-refractivity contribution in [2.24, 2.45) is 0 Å². The van der Waals surface area contributed by atoms with Crippen molar-refractivity contribution < 1.29 is 0 Å². The van der Waals surface area contributed by atoms with Crippen molar-refractivity contribution in [3.63, 3.8) is 0 Å². The summed E-state index contributed by atoms with van der Waals surface area (Å²) in [5.74, 6) is 0. The smallest absolute Gasteiger partial charge is 0.0464 e. The van der Waals surface area contributed by atoms with Crippen LogP contribution >= 0.6 is 15.9 Å². The van der Waals surface area contributed by atoms with Crippen LogP contribution in [0.5, 0.6) is 0 Å². The van der Waals surface area contributed by atoms with Gasteiger partial charge in [-0.05, 0) is 52.9 Å². The van der Waals surface area contributed by atoms with Crippen molar-refractivity contribution in [3.8, 4) is 11.1 Å². The minimum Gasteiger partial charge on any atom is -0.355 e. The Morgan fingerprint density at radius 2 is 1.19 bits per heavy atom. The lowest BCUT2D eigenvalue weighted by Crippen LogP contribution is -1.78. The molecule has 1 N–H and O–H groups in total. The van der Waals surface area contributed by atoms with Crippen LogP contribution in [0.3, 0.4) is 0 Å². The zero-order valence-corrected chi connectivity index (χ0v) is 16.3. The number of aromatic nitrogens is 1. The summed E-state index contributed by atoms with van der Waals surface area (Å²) in [5.41, 5.74) is 8.09. The largest absolute Gasteiger partial charge is 0.355 e. The summed E-state index contributed by atoms with van der Waals surface area (Å²) < 4.78 is 1.17. The van der Waals surface area contributed by atoms with Crippen molar-refractivity contribution in [1.29, 1.82) is 0 Å². The van der Waals surface area contributed by atoms with Crippen LogP contribution in [0.1, 0.15) is 11.1 Å². The van der Waals surface area contributed by atoms with Crippen LogP contribution in [0.2, 0.25) is 0 Å². The molecule has 130 valence electrons. The van der Waals surface area contributed by atoms with Crippen molar-refractivity contribution in [1.82, 2.24) is 4.98 Å². The average molecular weight is 412 g/mol. The molecule has 27 heavy (non-hydrogen) atoms. The quantitative estimate of drug-likeness (QED) is 0.269. The highest BCUT2D eigenvalue weighted by molar-refractivity contribution is 9.10. The summed E-state index contributed by atoms with van der Waals surface area (Å²) in [4.78, 5) is 3.38. The second-order valence-electron chi connectivity index (χ2n) is 6.85. The first kappa shape index (κ1) is 16.3. The molecule has 0 saturated carbocycles. The molecule has 0 atom stereocenters. The number of rotatable bonds is 0. The monoisotopic (exact) mass is 411 g/mol. The highest BCUT2D eigenvalue weighted by atomic mass is 79.9. The number of para-hydroxylation sites is 2. The Bertz CT molecular complexity index is 1220. The molecule has 6 rings (SSSR count). The molecule has 1 aromatic heterocycles. The fourth-order valence-corrected chi connectivity index (χ4v) is 4.32. The van der Waals surface area contributed by atoms with E-state index in [1.165, 1.54) is 48.5 Å². The first-order valence-corrected chi connectivity index (χ1v) is 9.91. The molecule has 0 fully saturated rings. The number of benzene rings is 4. The van der Waals surface area contributed by atoms with Gasteiger partial charge in [0.2, 0.25) is 0 Å². The maximum atomic E-state index is 3.51. The van der Waals surface area contributed by atoms with Crippen LogP contribution in [0.15, 0.2) is 95.5 Å². The zero-order chi connectivity index (χ0) is 18.2. The third kappa shape index (κ3) is 2.96.